The van der Waals surface area contributed by atoms with Gasteiger partial charge in [0.25, 0.3) is 0 Å². The molecule has 1 fully saturated rings. The third-order valence-corrected chi connectivity index (χ3v) is 4.27. The van der Waals surface area contributed by atoms with Gasteiger partial charge in [0.15, 0.2) is 11.5 Å². The van der Waals surface area contributed by atoms with Crippen LogP contribution in [0.2, 0.25) is 0 Å². The molecule has 0 radical (unpaired) electrons. The minimum Gasteiger partial charge on any atom is -0.493 e. The van der Waals surface area contributed by atoms with Gasteiger partial charge >= 0.3 is 0 Å². The van der Waals surface area contributed by atoms with Crippen molar-refractivity contribution in [2.24, 2.45) is 11.7 Å². The zero-order valence-electron chi connectivity index (χ0n) is 13.7. The summed E-state index contributed by atoms with van der Waals surface area (Å²) in [6.07, 6.45) is 2.52. The largest absolute Gasteiger partial charge is 0.493 e. The Hall–Kier alpha value is -2.24. The van der Waals surface area contributed by atoms with Crippen molar-refractivity contribution >= 4 is 11.8 Å². The van der Waals surface area contributed by atoms with Gasteiger partial charge in [-0.2, -0.15) is 0 Å². The summed E-state index contributed by atoms with van der Waals surface area (Å²) in [7, 11) is 3.18. The van der Waals surface area contributed by atoms with Crippen molar-refractivity contribution in [1.29, 1.82) is 0 Å². The zero-order chi connectivity index (χ0) is 16.8. The molecule has 6 nitrogen and oxygen atoms in total. The first-order valence-corrected chi connectivity index (χ1v) is 7.83. The molecule has 0 unspecified atom stereocenters. The Balaban J connectivity index is 1.98. The summed E-state index contributed by atoms with van der Waals surface area (Å²) in [4.78, 5) is 25.4. The van der Waals surface area contributed by atoms with Crippen LogP contribution in [-0.2, 0) is 16.0 Å². The number of primary amides is 1. The molecule has 2 amide bonds. The molecule has 2 rings (SSSR count). The van der Waals surface area contributed by atoms with E-state index in [2.05, 4.69) is 0 Å². The molecule has 1 atom stereocenters. The van der Waals surface area contributed by atoms with Gasteiger partial charge in [-0.1, -0.05) is 12.1 Å². The molecule has 0 aromatic heterocycles. The molecule has 2 N–H and O–H groups in total. The van der Waals surface area contributed by atoms with Crippen LogP contribution in [-0.4, -0.2) is 44.0 Å². The lowest BCUT2D eigenvalue weighted by Crippen LogP contribution is -2.44. The maximum absolute atomic E-state index is 12.4. The van der Waals surface area contributed by atoms with Crippen LogP contribution in [0.15, 0.2) is 18.2 Å². The molecule has 1 aromatic rings. The highest BCUT2D eigenvalue weighted by Gasteiger charge is 2.26. The molecule has 1 saturated heterocycles. The average molecular weight is 320 g/mol. The standard InChI is InChI=1S/C17H24N2O4/c1-22-14-7-3-5-12(16(14)23-2)8-9-15(20)19-10-4-6-13(11-19)17(18)21/h3,5,7,13H,4,6,8-11H2,1-2H3,(H2,18,21)/t13-/m0/s1. The van der Waals surface area contributed by atoms with Crippen LogP contribution >= 0.6 is 0 Å². The van der Waals surface area contributed by atoms with E-state index < -0.39 is 0 Å². The molecule has 6 heteroatoms. The average Bonchev–Trinajstić information content (AvgIpc) is 2.59. The van der Waals surface area contributed by atoms with Crippen LogP contribution in [0.3, 0.4) is 0 Å². The number of ether oxygens (including phenoxy) is 2. The molecule has 0 bridgehead atoms. The minimum absolute atomic E-state index is 0.0424. The number of nitrogens with zero attached hydrogens (tertiary/aromatic N) is 1. The normalized spacial score (nSPS) is 17.7. The predicted molar refractivity (Wildman–Crippen MR) is 86.4 cm³/mol. The van der Waals surface area contributed by atoms with Gasteiger partial charge in [-0.05, 0) is 30.9 Å². The fraction of sp³-hybridized carbons (Fsp3) is 0.529. The van der Waals surface area contributed by atoms with Gasteiger partial charge in [0.2, 0.25) is 11.8 Å². The number of piperidine rings is 1. The number of aryl methyl sites for hydroxylation is 1. The maximum atomic E-state index is 12.4. The molecule has 1 aliphatic heterocycles. The highest BCUT2D eigenvalue weighted by atomic mass is 16.5. The van der Waals surface area contributed by atoms with Crippen LogP contribution < -0.4 is 15.2 Å². The number of nitrogens with two attached hydrogens (primary N) is 1. The molecule has 0 spiro atoms. The lowest BCUT2D eigenvalue weighted by Gasteiger charge is -2.31. The Kier molecular flexibility index (Phi) is 5.84. The van der Waals surface area contributed by atoms with Crippen LogP contribution in [0, 0.1) is 5.92 Å². The number of benzene rings is 1. The van der Waals surface area contributed by atoms with E-state index in [0.717, 1.165) is 18.4 Å². The molecule has 1 aliphatic rings. The quantitative estimate of drug-likeness (QED) is 0.858. The van der Waals surface area contributed by atoms with Crippen molar-refractivity contribution in [3.8, 4) is 11.5 Å². The van der Waals surface area contributed by atoms with Gasteiger partial charge in [-0.25, -0.2) is 0 Å². The van der Waals surface area contributed by atoms with E-state index in [9.17, 15) is 9.59 Å². The van der Waals surface area contributed by atoms with E-state index in [1.807, 2.05) is 18.2 Å². The third kappa shape index (κ3) is 4.15. The predicted octanol–water partition coefficient (Wildman–Crippen LogP) is 1.36. The first-order chi connectivity index (χ1) is 11.1. The van der Waals surface area contributed by atoms with Gasteiger partial charge in [0.1, 0.15) is 0 Å². The highest BCUT2D eigenvalue weighted by molar-refractivity contribution is 5.80. The van der Waals surface area contributed by atoms with Gasteiger partial charge in [-0.15, -0.1) is 0 Å². The van der Waals surface area contributed by atoms with E-state index in [1.54, 1.807) is 19.1 Å². The summed E-state index contributed by atoms with van der Waals surface area (Å²) < 4.78 is 10.7. The van der Waals surface area contributed by atoms with Crippen LogP contribution in [0.4, 0.5) is 0 Å². The van der Waals surface area contributed by atoms with E-state index in [4.69, 9.17) is 15.2 Å². The second kappa shape index (κ2) is 7.85. The Labute approximate surface area is 136 Å². The van der Waals surface area contributed by atoms with Gasteiger partial charge in [0, 0.05) is 19.5 Å². The maximum Gasteiger partial charge on any atom is 0.222 e. The van der Waals surface area contributed by atoms with Crippen molar-refractivity contribution < 1.29 is 19.1 Å². The van der Waals surface area contributed by atoms with Crippen molar-refractivity contribution in [1.82, 2.24) is 4.90 Å². The second-order valence-electron chi connectivity index (χ2n) is 5.73. The zero-order valence-corrected chi connectivity index (χ0v) is 13.7. The second-order valence-corrected chi connectivity index (χ2v) is 5.73. The lowest BCUT2D eigenvalue weighted by molar-refractivity contribution is -0.134. The van der Waals surface area contributed by atoms with Crippen LogP contribution in [0.25, 0.3) is 0 Å². The third-order valence-electron chi connectivity index (χ3n) is 4.27. The minimum atomic E-state index is -0.322. The number of rotatable bonds is 6. The number of para-hydroxylation sites is 1. The van der Waals surface area contributed by atoms with E-state index in [1.165, 1.54) is 0 Å². The fourth-order valence-electron chi connectivity index (χ4n) is 2.99. The monoisotopic (exact) mass is 320 g/mol. The lowest BCUT2D eigenvalue weighted by atomic mass is 9.97. The molecule has 1 aromatic carbocycles. The van der Waals surface area contributed by atoms with Gasteiger partial charge < -0.3 is 20.1 Å². The first-order valence-electron chi connectivity index (χ1n) is 7.83. The summed E-state index contributed by atoms with van der Waals surface area (Å²) in [5, 5.41) is 0. The Morgan fingerprint density at radius 2 is 2.09 bits per heavy atom. The Bertz CT molecular complexity index is 574. The smallest absolute Gasteiger partial charge is 0.222 e. The van der Waals surface area contributed by atoms with Crippen molar-refractivity contribution in [3.63, 3.8) is 0 Å². The first kappa shape index (κ1) is 17.1. The molecule has 1 heterocycles. The molecule has 0 aliphatic carbocycles. The van der Waals surface area contributed by atoms with Crippen molar-refractivity contribution in [3.05, 3.63) is 23.8 Å². The van der Waals surface area contributed by atoms with Crippen LogP contribution in [0.5, 0.6) is 11.5 Å². The SMILES string of the molecule is COc1cccc(CCC(=O)N2CCC[C@H](C(N)=O)C2)c1OC. The van der Waals surface area contributed by atoms with Crippen molar-refractivity contribution in [2.45, 2.75) is 25.7 Å². The van der Waals surface area contributed by atoms with Gasteiger partial charge in [0.05, 0.1) is 20.1 Å². The number of methoxy groups -OCH3 is 2. The van der Waals surface area contributed by atoms with E-state index in [0.29, 0.717) is 37.4 Å². The van der Waals surface area contributed by atoms with Crippen molar-refractivity contribution in [2.75, 3.05) is 27.3 Å². The molecule has 23 heavy (non-hydrogen) atoms. The number of carbonyl (C=O) groups is 2. The number of amides is 2. The number of likely N-dealkylation sites (tertiary alicyclic amines) is 1. The number of carbonyl (C=O) groups excluding carboxylic acids is 2. The summed E-state index contributed by atoms with van der Waals surface area (Å²) in [5.41, 5.74) is 6.29. The van der Waals surface area contributed by atoms with Crippen LogP contribution in [0.1, 0.15) is 24.8 Å². The summed E-state index contributed by atoms with van der Waals surface area (Å²) in [6.45, 7) is 1.13. The molecular weight excluding hydrogens is 296 g/mol. The molecule has 0 saturated carbocycles. The Morgan fingerprint density at radius 3 is 2.74 bits per heavy atom. The molecule has 126 valence electrons. The van der Waals surface area contributed by atoms with Gasteiger partial charge in [-0.3, -0.25) is 9.59 Å². The Morgan fingerprint density at radius 1 is 1.30 bits per heavy atom. The highest BCUT2D eigenvalue weighted by Crippen LogP contribution is 2.31. The molecular formula is C17H24N2O4. The summed E-state index contributed by atoms with van der Waals surface area (Å²) in [5.74, 6) is 0.817. The fourth-order valence-corrected chi connectivity index (χ4v) is 2.99. The van der Waals surface area contributed by atoms with E-state index in [-0.39, 0.29) is 17.7 Å². The summed E-state index contributed by atoms with van der Waals surface area (Å²) in [6, 6.07) is 5.63. The number of hydrogen-bond acceptors (Lipinski definition) is 4. The number of hydrogen-bond donors (Lipinski definition) is 1. The summed E-state index contributed by atoms with van der Waals surface area (Å²) >= 11 is 0. The topological polar surface area (TPSA) is 81.9 Å². The van der Waals surface area contributed by atoms with E-state index >= 15 is 0 Å².